The molecule has 5 heteroatoms. The van der Waals surface area contributed by atoms with Gasteiger partial charge < -0.3 is 15.0 Å². The van der Waals surface area contributed by atoms with E-state index in [9.17, 15) is 0 Å². The van der Waals surface area contributed by atoms with E-state index < -0.39 is 0 Å². The summed E-state index contributed by atoms with van der Waals surface area (Å²) in [7, 11) is 3.94. The molecule has 1 N–H and O–H groups in total. The first-order valence-electron chi connectivity index (χ1n) is 7.38. The molecule has 1 aromatic rings. The van der Waals surface area contributed by atoms with E-state index in [-0.39, 0.29) is 5.54 Å². The van der Waals surface area contributed by atoms with Gasteiger partial charge in [-0.25, -0.2) is 4.98 Å². The summed E-state index contributed by atoms with van der Waals surface area (Å²) < 4.78 is 5.19. The average Bonchev–Trinajstić information content (AvgIpc) is 2.97. The summed E-state index contributed by atoms with van der Waals surface area (Å²) >= 11 is 1.80. The van der Waals surface area contributed by atoms with Crippen LogP contribution in [0.25, 0.3) is 0 Å². The predicted molar refractivity (Wildman–Crippen MR) is 84.5 cm³/mol. The number of aromatic nitrogens is 1. The molecular weight excluding hydrogens is 270 g/mol. The number of thiazole rings is 1. The topological polar surface area (TPSA) is 37.4 Å². The second kappa shape index (κ2) is 6.52. The van der Waals surface area contributed by atoms with Gasteiger partial charge in [0.25, 0.3) is 0 Å². The van der Waals surface area contributed by atoms with Gasteiger partial charge in [-0.3, -0.25) is 0 Å². The van der Waals surface area contributed by atoms with E-state index in [0.717, 1.165) is 26.1 Å². The van der Waals surface area contributed by atoms with Crippen molar-refractivity contribution in [2.24, 2.45) is 0 Å². The van der Waals surface area contributed by atoms with Crippen molar-refractivity contribution >= 4 is 11.3 Å². The van der Waals surface area contributed by atoms with Crippen LogP contribution in [0.4, 0.5) is 0 Å². The number of hydrogen-bond donors (Lipinski definition) is 1. The average molecular weight is 297 g/mol. The van der Waals surface area contributed by atoms with Crippen molar-refractivity contribution in [3.05, 3.63) is 16.1 Å². The van der Waals surface area contributed by atoms with Crippen molar-refractivity contribution in [3.8, 4) is 0 Å². The van der Waals surface area contributed by atoms with Crippen molar-refractivity contribution in [3.63, 3.8) is 0 Å². The normalized spacial score (nSPS) is 27.6. The molecule has 2 rings (SSSR count). The Kier molecular flexibility index (Phi) is 5.18. The lowest BCUT2D eigenvalue weighted by Gasteiger charge is -2.28. The van der Waals surface area contributed by atoms with Crippen molar-refractivity contribution in [2.45, 2.75) is 44.7 Å². The van der Waals surface area contributed by atoms with Crippen molar-refractivity contribution in [2.75, 3.05) is 33.9 Å². The summed E-state index contributed by atoms with van der Waals surface area (Å²) in [5, 5.41) is 7.15. The van der Waals surface area contributed by atoms with Crippen LogP contribution in [0.5, 0.6) is 0 Å². The molecule has 20 heavy (non-hydrogen) atoms. The number of nitrogens with one attached hydrogen (secondary N) is 1. The van der Waals surface area contributed by atoms with Crippen molar-refractivity contribution in [1.29, 1.82) is 0 Å². The van der Waals surface area contributed by atoms with Gasteiger partial charge in [0.05, 0.1) is 17.8 Å². The number of likely N-dealkylation sites (tertiary alicyclic amines) is 1. The van der Waals surface area contributed by atoms with E-state index in [2.05, 4.69) is 43.4 Å². The van der Waals surface area contributed by atoms with E-state index >= 15 is 0 Å². The Morgan fingerprint density at radius 1 is 1.60 bits per heavy atom. The zero-order valence-electron chi connectivity index (χ0n) is 13.3. The number of nitrogens with zero attached hydrogens (tertiary/aromatic N) is 2. The third kappa shape index (κ3) is 3.22. The molecule has 0 saturated carbocycles. The fourth-order valence-electron chi connectivity index (χ4n) is 2.83. The SMILES string of the molecule is COCCNC1(c2nc(C(C)C)cs2)CC(C)N(C)C1. The summed E-state index contributed by atoms with van der Waals surface area (Å²) in [5.41, 5.74) is 1.20. The molecule has 2 unspecified atom stereocenters. The maximum atomic E-state index is 5.19. The smallest absolute Gasteiger partial charge is 0.114 e. The molecule has 0 spiro atoms. The molecule has 2 heterocycles. The number of likely N-dealkylation sites (N-methyl/N-ethyl adjacent to an activating group) is 1. The molecule has 1 aliphatic heterocycles. The summed E-state index contributed by atoms with van der Waals surface area (Å²) in [6, 6.07) is 0.580. The predicted octanol–water partition coefficient (Wildman–Crippen LogP) is 2.42. The van der Waals surface area contributed by atoms with Gasteiger partial charge in [0.15, 0.2) is 0 Å². The van der Waals surface area contributed by atoms with Crippen LogP contribution in [0.2, 0.25) is 0 Å². The van der Waals surface area contributed by atoms with E-state index in [1.807, 2.05) is 0 Å². The second-order valence-corrected chi connectivity index (χ2v) is 7.06. The molecule has 1 aromatic heterocycles. The highest BCUT2D eigenvalue weighted by atomic mass is 32.1. The van der Waals surface area contributed by atoms with Gasteiger partial charge in [0.1, 0.15) is 5.01 Å². The Labute approximate surface area is 126 Å². The largest absolute Gasteiger partial charge is 0.383 e. The van der Waals surface area contributed by atoms with E-state index in [0.29, 0.717) is 12.0 Å². The van der Waals surface area contributed by atoms with Crippen LogP contribution < -0.4 is 5.32 Å². The molecule has 114 valence electrons. The molecule has 0 bridgehead atoms. The molecule has 0 aliphatic carbocycles. The van der Waals surface area contributed by atoms with Gasteiger partial charge in [-0.05, 0) is 26.3 Å². The summed E-state index contributed by atoms with van der Waals surface area (Å²) in [5.74, 6) is 0.493. The fourth-order valence-corrected chi connectivity index (χ4v) is 3.99. The highest BCUT2D eigenvalue weighted by molar-refractivity contribution is 7.09. The monoisotopic (exact) mass is 297 g/mol. The number of methoxy groups -OCH3 is 1. The minimum Gasteiger partial charge on any atom is -0.383 e. The number of rotatable bonds is 6. The van der Waals surface area contributed by atoms with Crippen molar-refractivity contribution in [1.82, 2.24) is 15.2 Å². The van der Waals surface area contributed by atoms with Crippen LogP contribution in [0.3, 0.4) is 0 Å². The standard InChI is InChI=1S/C15H27N3OS/c1-11(2)13-9-20-14(17-13)15(16-6-7-19-5)8-12(3)18(4)10-15/h9,11-12,16H,6-8,10H2,1-5H3. The lowest BCUT2D eigenvalue weighted by molar-refractivity contribution is 0.183. The van der Waals surface area contributed by atoms with Gasteiger partial charge in [-0.15, -0.1) is 11.3 Å². The molecule has 0 radical (unpaired) electrons. The Hall–Kier alpha value is -0.490. The van der Waals surface area contributed by atoms with Crippen molar-refractivity contribution < 1.29 is 4.74 Å². The quantitative estimate of drug-likeness (QED) is 0.818. The minimum atomic E-state index is -0.00942. The summed E-state index contributed by atoms with van der Waals surface area (Å²) in [6.45, 7) is 9.32. The Morgan fingerprint density at radius 3 is 2.85 bits per heavy atom. The van der Waals surface area contributed by atoms with Crippen LogP contribution in [-0.2, 0) is 10.3 Å². The van der Waals surface area contributed by atoms with Gasteiger partial charge in [0, 0.05) is 31.6 Å². The zero-order valence-corrected chi connectivity index (χ0v) is 14.1. The molecule has 4 nitrogen and oxygen atoms in total. The highest BCUT2D eigenvalue weighted by Gasteiger charge is 2.43. The van der Waals surface area contributed by atoms with Crippen LogP contribution in [0.15, 0.2) is 5.38 Å². The summed E-state index contributed by atoms with van der Waals surface area (Å²) in [6.07, 6.45) is 1.11. The first-order valence-corrected chi connectivity index (χ1v) is 8.26. The van der Waals surface area contributed by atoms with Gasteiger partial charge in [-0.2, -0.15) is 0 Å². The third-order valence-corrected chi connectivity index (χ3v) is 5.27. The molecule has 1 aliphatic rings. The second-order valence-electron chi connectivity index (χ2n) is 6.20. The first-order chi connectivity index (χ1) is 9.48. The Balaban J connectivity index is 2.21. The molecule has 1 fully saturated rings. The zero-order chi connectivity index (χ0) is 14.8. The number of ether oxygens (including phenoxy) is 1. The highest BCUT2D eigenvalue weighted by Crippen LogP contribution is 2.37. The maximum absolute atomic E-state index is 5.19. The summed E-state index contributed by atoms with van der Waals surface area (Å²) in [4.78, 5) is 7.31. The van der Waals surface area contributed by atoms with Gasteiger partial charge >= 0.3 is 0 Å². The first kappa shape index (κ1) is 15.9. The molecule has 1 saturated heterocycles. The molecular formula is C15H27N3OS. The minimum absolute atomic E-state index is 0.00942. The van der Waals surface area contributed by atoms with E-state index in [1.54, 1.807) is 18.4 Å². The Bertz CT molecular complexity index is 423. The van der Waals surface area contributed by atoms with Crippen LogP contribution >= 0.6 is 11.3 Å². The number of hydrogen-bond acceptors (Lipinski definition) is 5. The van der Waals surface area contributed by atoms with Crippen LogP contribution in [0, 0.1) is 0 Å². The van der Waals surface area contributed by atoms with Gasteiger partial charge in [0.2, 0.25) is 0 Å². The molecule has 0 amide bonds. The lowest BCUT2D eigenvalue weighted by atomic mass is 9.97. The van der Waals surface area contributed by atoms with E-state index in [1.165, 1.54) is 10.7 Å². The molecule has 2 atom stereocenters. The Morgan fingerprint density at radius 2 is 2.35 bits per heavy atom. The lowest BCUT2D eigenvalue weighted by Crippen LogP contribution is -2.45. The molecule has 0 aromatic carbocycles. The van der Waals surface area contributed by atoms with E-state index in [4.69, 9.17) is 9.72 Å². The fraction of sp³-hybridized carbons (Fsp3) is 0.800. The van der Waals surface area contributed by atoms with Crippen LogP contribution in [0.1, 0.15) is 43.8 Å². The maximum Gasteiger partial charge on any atom is 0.114 e. The van der Waals surface area contributed by atoms with Crippen LogP contribution in [-0.4, -0.2) is 49.8 Å². The van der Waals surface area contributed by atoms with Gasteiger partial charge in [-0.1, -0.05) is 13.8 Å². The third-order valence-electron chi connectivity index (χ3n) is 4.21.